The molecule has 1 saturated heterocycles. The molecule has 27 heavy (non-hydrogen) atoms. The van der Waals surface area contributed by atoms with Gasteiger partial charge in [0.05, 0.1) is 6.04 Å². The third-order valence-corrected chi connectivity index (χ3v) is 4.55. The number of nitrogens with zero attached hydrogens (tertiary/aromatic N) is 4. The number of benzene rings is 2. The van der Waals surface area contributed by atoms with Gasteiger partial charge in [-0.2, -0.15) is 0 Å². The Morgan fingerprint density at radius 1 is 1.15 bits per heavy atom. The summed E-state index contributed by atoms with van der Waals surface area (Å²) < 4.78 is 5.14. The monoisotopic (exact) mass is 364 g/mol. The second kappa shape index (κ2) is 8.87. The van der Waals surface area contributed by atoms with Gasteiger partial charge in [-0.05, 0) is 29.5 Å². The predicted molar refractivity (Wildman–Crippen MR) is 99.8 cm³/mol. The molecule has 1 aliphatic heterocycles. The summed E-state index contributed by atoms with van der Waals surface area (Å²) in [5.41, 5.74) is 10.6. The van der Waals surface area contributed by atoms with E-state index in [2.05, 4.69) is 10.0 Å². The Labute approximate surface area is 157 Å². The van der Waals surface area contributed by atoms with E-state index in [9.17, 15) is 9.59 Å². The highest BCUT2D eigenvalue weighted by Gasteiger charge is 2.40. The maximum atomic E-state index is 13.1. The summed E-state index contributed by atoms with van der Waals surface area (Å²) in [6.07, 6.45) is 0.276. The van der Waals surface area contributed by atoms with Crippen LogP contribution in [0.5, 0.6) is 0 Å². The summed E-state index contributed by atoms with van der Waals surface area (Å²) >= 11 is 0. The number of amides is 2. The minimum absolute atomic E-state index is 0.00787. The van der Waals surface area contributed by atoms with E-state index in [1.165, 1.54) is 4.90 Å². The van der Waals surface area contributed by atoms with Gasteiger partial charge in [0.15, 0.2) is 0 Å². The first-order valence-electron chi connectivity index (χ1n) is 8.77. The normalized spacial score (nSPS) is 17.1. The van der Waals surface area contributed by atoms with Crippen molar-refractivity contribution in [2.24, 2.45) is 11.0 Å². The molecular formula is C20H20N4O3. The molecule has 0 bridgehead atoms. The van der Waals surface area contributed by atoms with Crippen LogP contribution in [0.15, 0.2) is 65.8 Å². The van der Waals surface area contributed by atoms with E-state index in [-0.39, 0.29) is 25.1 Å². The summed E-state index contributed by atoms with van der Waals surface area (Å²) in [5, 5.41) is 3.58. The van der Waals surface area contributed by atoms with Crippen molar-refractivity contribution in [3.8, 4) is 0 Å². The van der Waals surface area contributed by atoms with E-state index in [0.717, 1.165) is 11.1 Å². The van der Waals surface area contributed by atoms with Crippen LogP contribution in [0.4, 0.5) is 4.79 Å². The van der Waals surface area contributed by atoms with Crippen LogP contribution in [0.25, 0.3) is 10.4 Å². The number of hydrogen-bond acceptors (Lipinski definition) is 4. The maximum Gasteiger partial charge on any atom is 0.416 e. The van der Waals surface area contributed by atoms with Crippen molar-refractivity contribution < 1.29 is 14.3 Å². The average molecular weight is 364 g/mol. The lowest BCUT2D eigenvalue weighted by Crippen LogP contribution is -2.44. The second-order valence-corrected chi connectivity index (χ2v) is 6.43. The molecule has 1 fully saturated rings. The summed E-state index contributed by atoms with van der Waals surface area (Å²) in [4.78, 5) is 29.3. The minimum Gasteiger partial charge on any atom is -0.447 e. The van der Waals surface area contributed by atoms with Crippen molar-refractivity contribution in [2.75, 3.05) is 13.2 Å². The Balaban J connectivity index is 1.79. The van der Waals surface area contributed by atoms with Crippen molar-refractivity contribution in [2.45, 2.75) is 18.9 Å². The van der Waals surface area contributed by atoms with Crippen LogP contribution < -0.4 is 0 Å². The average Bonchev–Trinajstić information content (AvgIpc) is 3.06. The molecule has 0 unspecified atom stereocenters. The molecule has 138 valence electrons. The highest BCUT2D eigenvalue weighted by atomic mass is 16.6. The lowest BCUT2D eigenvalue weighted by atomic mass is 9.96. The van der Waals surface area contributed by atoms with Gasteiger partial charge in [0.1, 0.15) is 6.61 Å². The summed E-state index contributed by atoms with van der Waals surface area (Å²) in [6.45, 7) is 0.158. The van der Waals surface area contributed by atoms with Gasteiger partial charge in [-0.3, -0.25) is 4.79 Å². The van der Waals surface area contributed by atoms with Crippen LogP contribution >= 0.6 is 0 Å². The van der Waals surface area contributed by atoms with E-state index in [0.29, 0.717) is 12.8 Å². The molecule has 2 atom stereocenters. The Hall–Kier alpha value is -3.31. The van der Waals surface area contributed by atoms with Gasteiger partial charge in [-0.25, -0.2) is 9.69 Å². The molecule has 2 amide bonds. The van der Waals surface area contributed by atoms with Crippen LogP contribution in [0.3, 0.4) is 0 Å². The molecule has 3 rings (SSSR count). The standard InChI is InChI=1S/C20H20N4O3/c21-23-22-13-17(11-15-7-3-1-4-8-15)19(25)24-18(14-27-20(24)26)12-16-9-5-2-6-10-16/h1-10,17-18H,11-14H2/t17-,18+/m1/s1. The minimum atomic E-state index is -0.639. The first-order chi connectivity index (χ1) is 13.2. The van der Waals surface area contributed by atoms with E-state index in [1.807, 2.05) is 60.7 Å². The molecule has 2 aromatic rings. The molecule has 1 aliphatic rings. The summed E-state index contributed by atoms with van der Waals surface area (Å²) in [7, 11) is 0. The molecule has 0 radical (unpaired) electrons. The second-order valence-electron chi connectivity index (χ2n) is 6.43. The Bertz CT molecular complexity index is 835. The fraction of sp³-hybridized carbons (Fsp3) is 0.300. The van der Waals surface area contributed by atoms with Gasteiger partial charge in [-0.1, -0.05) is 65.8 Å². The van der Waals surface area contributed by atoms with Crippen molar-refractivity contribution in [3.05, 3.63) is 82.2 Å². The van der Waals surface area contributed by atoms with Crippen molar-refractivity contribution in [1.29, 1.82) is 0 Å². The number of imide groups is 1. The van der Waals surface area contributed by atoms with Crippen LogP contribution in [-0.4, -0.2) is 36.1 Å². The number of ether oxygens (including phenoxy) is 1. The summed E-state index contributed by atoms with van der Waals surface area (Å²) in [5.74, 6) is -0.984. The van der Waals surface area contributed by atoms with Gasteiger partial charge < -0.3 is 4.74 Å². The topological polar surface area (TPSA) is 95.4 Å². The lowest BCUT2D eigenvalue weighted by Gasteiger charge is -2.24. The molecule has 7 nitrogen and oxygen atoms in total. The van der Waals surface area contributed by atoms with Crippen molar-refractivity contribution in [1.82, 2.24) is 4.90 Å². The zero-order valence-corrected chi connectivity index (χ0v) is 14.8. The van der Waals surface area contributed by atoms with Crippen molar-refractivity contribution in [3.63, 3.8) is 0 Å². The van der Waals surface area contributed by atoms with Gasteiger partial charge >= 0.3 is 6.09 Å². The zero-order chi connectivity index (χ0) is 19.1. The maximum absolute atomic E-state index is 13.1. The van der Waals surface area contributed by atoms with Crippen molar-refractivity contribution >= 4 is 12.0 Å². The van der Waals surface area contributed by atoms with Crippen LogP contribution in [0.2, 0.25) is 0 Å². The lowest BCUT2D eigenvalue weighted by molar-refractivity contribution is -0.133. The third kappa shape index (κ3) is 4.65. The molecule has 0 spiro atoms. The Kier molecular flexibility index (Phi) is 6.07. The molecule has 2 aromatic carbocycles. The predicted octanol–water partition coefficient (Wildman–Crippen LogP) is 3.75. The molecule has 0 aliphatic carbocycles. The SMILES string of the molecule is [N-]=[N+]=NC[C@@H](Cc1ccccc1)C(=O)N1C(=O)OC[C@@H]1Cc1ccccc1. The van der Waals surface area contributed by atoms with Gasteiger partial charge in [-0.15, -0.1) is 0 Å². The smallest absolute Gasteiger partial charge is 0.416 e. The Morgan fingerprint density at radius 2 is 1.78 bits per heavy atom. The molecule has 0 saturated carbocycles. The van der Waals surface area contributed by atoms with Crippen LogP contribution in [0, 0.1) is 5.92 Å². The van der Waals surface area contributed by atoms with Gasteiger partial charge in [0, 0.05) is 17.4 Å². The van der Waals surface area contributed by atoms with E-state index >= 15 is 0 Å². The van der Waals surface area contributed by atoms with E-state index in [4.69, 9.17) is 10.3 Å². The van der Waals surface area contributed by atoms with E-state index in [1.54, 1.807) is 0 Å². The highest BCUT2D eigenvalue weighted by molar-refractivity contribution is 5.95. The van der Waals surface area contributed by atoms with Crippen LogP contribution in [0.1, 0.15) is 11.1 Å². The first-order valence-corrected chi connectivity index (χ1v) is 8.77. The third-order valence-electron chi connectivity index (χ3n) is 4.55. The van der Waals surface area contributed by atoms with Crippen LogP contribution in [-0.2, 0) is 22.4 Å². The molecule has 7 heteroatoms. The summed E-state index contributed by atoms with van der Waals surface area (Å²) in [6, 6.07) is 18.7. The number of carbonyl (C=O) groups excluding carboxylic acids is 2. The van der Waals surface area contributed by atoms with Gasteiger partial charge in [0.25, 0.3) is 0 Å². The number of carbonyl (C=O) groups is 2. The van der Waals surface area contributed by atoms with Gasteiger partial charge in [0.2, 0.25) is 5.91 Å². The number of azide groups is 1. The largest absolute Gasteiger partial charge is 0.447 e. The number of rotatable bonds is 7. The van der Waals surface area contributed by atoms with E-state index < -0.39 is 12.0 Å². The highest BCUT2D eigenvalue weighted by Crippen LogP contribution is 2.22. The Morgan fingerprint density at radius 3 is 2.41 bits per heavy atom. The fourth-order valence-electron chi connectivity index (χ4n) is 3.23. The number of cyclic esters (lactones) is 1. The molecule has 0 N–H and O–H groups in total. The molecule has 0 aromatic heterocycles. The fourth-order valence-corrected chi connectivity index (χ4v) is 3.23. The molecule has 1 heterocycles. The number of hydrogen-bond donors (Lipinski definition) is 0. The first kappa shape index (κ1) is 18.5. The quantitative estimate of drug-likeness (QED) is 0.425. The zero-order valence-electron chi connectivity index (χ0n) is 14.8. The molecular weight excluding hydrogens is 344 g/mol.